The number of rotatable bonds is 16. The van der Waals surface area contributed by atoms with Crippen molar-refractivity contribution in [3.8, 4) is 5.75 Å². The van der Waals surface area contributed by atoms with Crippen molar-refractivity contribution in [2.75, 3.05) is 38.5 Å². The third kappa shape index (κ3) is 14.4. The zero-order chi connectivity index (χ0) is 22.9. The van der Waals surface area contributed by atoms with E-state index in [9.17, 15) is 8.42 Å². The maximum Gasteiger partial charge on any atom is 0.268 e. The number of quaternary nitrogens is 1. The van der Waals surface area contributed by atoms with Crippen molar-refractivity contribution >= 4 is 21.5 Å². The Morgan fingerprint density at radius 3 is 1.60 bits per heavy atom. The average molecular weight is 465 g/mol. The zero-order valence-corrected chi connectivity index (χ0v) is 21.6. The van der Waals surface area contributed by atoms with Gasteiger partial charge in [0.25, 0.3) is 10.1 Å². The molecule has 0 aliphatic heterocycles. The van der Waals surface area contributed by atoms with Gasteiger partial charge in [-0.1, -0.05) is 53.4 Å². The monoisotopic (exact) mass is 464 g/mol. The van der Waals surface area contributed by atoms with Crippen LogP contribution in [0.5, 0.6) is 5.75 Å². The van der Waals surface area contributed by atoms with Crippen LogP contribution in [0, 0.1) is 6.92 Å². The highest BCUT2D eigenvalue weighted by molar-refractivity contribution is 7.85. The molecule has 1 rings (SSSR count). The van der Waals surface area contributed by atoms with E-state index >= 15 is 0 Å². The first-order valence-corrected chi connectivity index (χ1v) is 14.2. The molecule has 0 fully saturated rings. The van der Waals surface area contributed by atoms with E-state index < -0.39 is 10.1 Å². The van der Waals surface area contributed by atoms with Crippen molar-refractivity contribution in [2.24, 2.45) is 0 Å². The summed E-state index contributed by atoms with van der Waals surface area (Å²) in [7, 11) is -3.91. The van der Waals surface area contributed by atoms with Crippen LogP contribution >= 0.6 is 11.3 Å². The van der Waals surface area contributed by atoms with Crippen LogP contribution in [0.2, 0.25) is 0 Å². The normalized spacial score (nSPS) is 11.8. The van der Waals surface area contributed by atoms with Gasteiger partial charge in [0, 0.05) is 10.9 Å². The molecule has 0 saturated heterocycles. The molecule has 1 aromatic rings. The van der Waals surface area contributed by atoms with E-state index in [0.29, 0.717) is 5.75 Å². The molecule has 0 amide bonds. The predicted molar refractivity (Wildman–Crippen MR) is 130 cm³/mol. The van der Waals surface area contributed by atoms with Gasteiger partial charge in [0.1, 0.15) is 18.1 Å². The van der Waals surface area contributed by atoms with Gasteiger partial charge in [-0.25, -0.2) is 0 Å². The van der Waals surface area contributed by atoms with E-state index in [1.165, 1.54) is 93.4 Å². The number of aryl methyl sites for hydroxylation is 1. The molecular weight excluding hydrogens is 418 g/mol. The Labute approximate surface area is 190 Å². The van der Waals surface area contributed by atoms with E-state index in [1.54, 1.807) is 5.38 Å². The first-order chi connectivity index (χ1) is 14.2. The predicted octanol–water partition coefficient (Wildman–Crippen LogP) is 6.33. The third-order valence-corrected chi connectivity index (χ3v) is 6.87. The summed E-state index contributed by atoms with van der Waals surface area (Å²) < 4.78 is 35.6. The van der Waals surface area contributed by atoms with Crippen LogP contribution in [0.4, 0.5) is 0 Å². The van der Waals surface area contributed by atoms with Gasteiger partial charge in [0.05, 0.1) is 26.2 Å². The number of thiophene rings is 1. The molecule has 1 N–H and O–H groups in total. The maximum atomic E-state index is 10.3. The second kappa shape index (κ2) is 17.0. The molecule has 0 radical (unpaired) electrons. The van der Waals surface area contributed by atoms with E-state index in [0.717, 1.165) is 5.56 Å². The Kier molecular flexibility index (Phi) is 16.6. The van der Waals surface area contributed by atoms with Crippen molar-refractivity contribution in [1.29, 1.82) is 0 Å². The molecule has 0 atom stereocenters. The van der Waals surface area contributed by atoms with Crippen LogP contribution in [0.25, 0.3) is 0 Å². The molecule has 0 aliphatic rings. The molecule has 1 heterocycles. The summed E-state index contributed by atoms with van der Waals surface area (Å²) in [5.74, 6) is 0.302. The lowest BCUT2D eigenvalue weighted by Gasteiger charge is -2.39. The molecule has 178 valence electrons. The van der Waals surface area contributed by atoms with Crippen LogP contribution in [0.15, 0.2) is 10.8 Å². The third-order valence-electron chi connectivity index (χ3n) is 5.35. The molecule has 30 heavy (non-hydrogen) atoms. The summed E-state index contributed by atoms with van der Waals surface area (Å²) in [6.07, 6.45) is 11.1. The lowest BCUT2D eigenvalue weighted by Crippen LogP contribution is -2.50. The van der Waals surface area contributed by atoms with Crippen LogP contribution in [-0.2, 0) is 10.1 Å². The minimum atomic E-state index is -3.91. The van der Waals surface area contributed by atoms with E-state index in [1.807, 2.05) is 12.3 Å². The zero-order valence-electron chi connectivity index (χ0n) is 20.0. The molecule has 0 bridgehead atoms. The van der Waals surface area contributed by atoms with Crippen molar-refractivity contribution in [2.45, 2.75) is 86.0 Å². The van der Waals surface area contributed by atoms with Gasteiger partial charge >= 0.3 is 0 Å². The summed E-state index contributed by atoms with van der Waals surface area (Å²) in [5, 5.41) is 3.70. The summed E-state index contributed by atoms with van der Waals surface area (Å²) >= 11 is 1.49. The van der Waals surface area contributed by atoms with Gasteiger partial charge in [0.2, 0.25) is 0 Å². The Bertz CT molecular complexity index is 591. The second-order valence-electron chi connectivity index (χ2n) is 8.20. The number of hydrogen-bond acceptors (Lipinski definition) is 4. The molecule has 0 saturated carbocycles. The number of nitrogens with zero attached hydrogens (tertiary/aromatic N) is 1. The largest absolute Gasteiger partial charge is 0.491 e. The second-order valence-corrected chi connectivity index (χ2v) is 10.5. The van der Waals surface area contributed by atoms with Crippen LogP contribution in [0.1, 0.15) is 84.6 Å². The quantitative estimate of drug-likeness (QED) is 0.229. The highest BCUT2D eigenvalue weighted by Gasteiger charge is 2.24. The fourth-order valence-corrected chi connectivity index (χ4v) is 4.46. The van der Waals surface area contributed by atoms with Gasteiger partial charge in [-0.2, -0.15) is 8.42 Å². The molecular formula is C23H46NO4S2+. The van der Waals surface area contributed by atoms with Crippen molar-refractivity contribution < 1.29 is 22.2 Å². The average Bonchev–Trinajstić information content (AvgIpc) is 3.11. The first kappa shape index (κ1) is 29.4. The lowest BCUT2D eigenvalue weighted by atomic mass is 10.1. The van der Waals surface area contributed by atoms with E-state index in [2.05, 4.69) is 27.7 Å². The molecule has 0 spiro atoms. The van der Waals surface area contributed by atoms with Crippen LogP contribution in [-0.4, -0.2) is 56.0 Å². The number of ether oxygens (including phenoxy) is 1. The Morgan fingerprint density at radius 2 is 1.30 bits per heavy atom. The highest BCUT2D eigenvalue weighted by Crippen LogP contribution is 2.21. The van der Waals surface area contributed by atoms with E-state index in [-0.39, 0.29) is 12.4 Å². The smallest absolute Gasteiger partial charge is 0.268 e. The van der Waals surface area contributed by atoms with Crippen LogP contribution < -0.4 is 4.74 Å². The summed E-state index contributed by atoms with van der Waals surface area (Å²) in [4.78, 5) is 0. The minimum absolute atomic E-state index is 0.0175. The van der Waals surface area contributed by atoms with Crippen molar-refractivity contribution in [1.82, 2.24) is 0 Å². The molecule has 1 aromatic heterocycles. The van der Waals surface area contributed by atoms with Crippen molar-refractivity contribution in [3.63, 3.8) is 0 Å². The van der Waals surface area contributed by atoms with Crippen molar-refractivity contribution in [3.05, 3.63) is 16.3 Å². The van der Waals surface area contributed by atoms with Crippen LogP contribution in [0.3, 0.4) is 0 Å². The SMILES string of the molecule is CCCC[N+](CCCC)(CCCC)CCCC.Cc1cscc1OCCS(=O)(=O)O. The summed E-state index contributed by atoms with van der Waals surface area (Å²) in [5.41, 5.74) is 0.973. The molecule has 7 heteroatoms. The number of unbranched alkanes of at least 4 members (excludes halogenated alkanes) is 4. The van der Waals surface area contributed by atoms with Gasteiger partial charge in [-0.15, -0.1) is 11.3 Å². The number of hydrogen-bond donors (Lipinski definition) is 1. The van der Waals surface area contributed by atoms with Gasteiger partial charge in [-0.05, 0) is 38.0 Å². The van der Waals surface area contributed by atoms with Gasteiger partial charge in [0.15, 0.2) is 0 Å². The summed E-state index contributed by atoms with van der Waals surface area (Å²) in [6, 6.07) is 0. The first-order valence-electron chi connectivity index (χ1n) is 11.7. The lowest BCUT2D eigenvalue weighted by molar-refractivity contribution is -0.929. The summed E-state index contributed by atoms with van der Waals surface area (Å²) in [6.45, 7) is 16.9. The fraction of sp³-hybridized carbons (Fsp3) is 0.826. The molecule has 0 aromatic carbocycles. The molecule has 5 nitrogen and oxygen atoms in total. The topological polar surface area (TPSA) is 63.6 Å². The Morgan fingerprint density at radius 1 is 0.867 bits per heavy atom. The Hall–Kier alpha value is -0.630. The molecule has 0 aliphatic carbocycles. The van der Waals surface area contributed by atoms with Gasteiger partial charge < -0.3 is 9.22 Å². The van der Waals surface area contributed by atoms with Gasteiger partial charge in [-0.3, -0.25) is 4.55 Å². The Balaban J connectivity index is 0.000000579. The maximum absolute atomic E-state index is 10.3. The minimum Gasteiger partial charge on any atom is -0.491 e. The molecule has 0 unspecified atom stereocenters. The fourth-order valence-electron chi connectivity index (χ4n) is 3.40. The standard InChI is InChI=1S/C16H36N.C7H10O4S2/c1-5-9-13-17(14-10-6-2,15-11-7-3)16-12-8-4;1-6-4-12-5-7(6)11-2-3-13(8,9)10/h5-16H2,1-4H3;4-5H,2-3H2,1H3,(H,8,9,10)/q+1;. The van der Waals surface area contributed by atoms with E-state index in [4.69, 9.17) is 9.29 Å². The highest BCUT2D eigenvalue weighted by atomic mass is 32.2.